The van der Waals surface area contributed by atoms with Gasteiger partial charge >= 0.3 is 0 Å². The Labute approximate surface area is 224 Å². The second-order valence-corrected chi connectivity index (χ2v) is 10.5. The number of thioether (sulfide) groups is 1. The highest BCUT2D eigenvalue weighted by atomic mass is 32.2. The Balaban J connectivity index is 1.55. The zero-order valence-corrected chi connectivity index (χ0v) is 23.0. The number of allylic oxidation sites excluding steroid dienone is 1. The number of aryl methyl sites for hydroxylation is 1. The van der Waals surface area contributed by atoms with Gasteiger partial charge in [-0.1, -0.05) is 50.3 Å². The van der Waals surface area contributed by atoms with Crippen molar-refractivity contribution in [2.24, 2.45) is 0 Å². The molecule has 5 rings (SSSR count). The molecule has 0 bridgehead atoms. The van der Waals surface area contributed by atoms with Gasteiger partial charge in [0.1, 0.15) is 11.3 Å². The highest BCUT2D eigenvalue weighted by Crippen LogP contribution is 2.37. The third-order valence-corrected chi connectivity index (χ3v) is 7.87. The maximum Gasteiger partial charge on any atom is 0.177 e. The maximum absolute atomic E-state index is 6.50. The molecular formula is C32H37N3OS. The van der Waals surface area contributed by atoms with Crippen LogP contribution in [0.3, 0.4) is 0 Å². The minimum atomic E-state index is 0.871. The first-order chi connectivity index (χ1) is 18.2. The van der Waals surface area contributed by atoms with E-state index < -0.39 is 0 Å². The topological polar surface area (TPSA) is 41.3 Å². The molecule has 2 aromatic carbocycles. The third-order valence-electron chi connectivity index (χ3n) is 7.13. The molecule has 1 fully saturated rings. The molecule has 37 heavy (non-hydrogen) atoms. The number of hydrogen-bond donors (Lipinski definition) is 1. The summed E-state index contributed by atoms with van der Waals surface area (Å²) in [5.74, 6) is 0.929. The zero-order chi connectivity index (χ0) is 25.6. The maximum atomic E-state index is 6.50. The van der Waals surface area contributed by atoms with E-state index in [0.717, 1.165) is 64.9 Å². The van der Waals surface area contributed by atoms with Crippen LogP contribution in [0.5, 0.6) is 0 Å². The summed E-state index contributed by atoms with van der Waals surface area (Å²) in [5.41, 5.74) is 7.44. The molecule has 4 aromatic rings. The first kappa shape index (κ1) is 25.6. The Bertz CT molecular complexity index is 1410. The SMILES string of the molecule is CC/C=C\c1oc2c(NCCN3CCCC3)c3cc(/C=C/c4ccc(SC)cc4)ccc3nc2c1CC. The number of aromatic nitrogens is 1. The minimum Gasteiger partial charge on any atom is -0.453 e. The van der Waals surface area contributed by atoms with Gasteiger partial charge in [0.05, 0.1) is 11.2 Å². The zero-order valence-electron chi connectivity index (χ0n) is 22.2. The molecule has 1 aliphatic heterocycles. The average molecular weight is 512 g/mol. The Morgan fingerprint density at radius 3 is 2.49 bits per heavy atom. The number of rotatable bonds is 10. The van der Waals surface area contributed by atoms with Gasteiger partial charge in [0.25, 0.3) is 0 Å². The van der Waals surface area contributed by atoms with E-state index >= 15 is 0 Å². The molecule has 0 aliphatic carbocycles. The van der Waals surface area contributed by atoms with Crippen LogP contribution in [0.15, 0.2) is 57.9 Å². The smallest absolute Gasteiger partial charge is 0.177 e. The van der Waals surface area contributed by atoms with Crippen molar-refractivity contribution in [3.8, 4) is 0 Å². The molecule has 0 saturated carbocycles. The third kappa shape index (κ3) is 5.78. The molecule has 0 atom stereocenters. The summed E-state index contributed by atoms with van der Waals surface area (Å²) in [6.45, 7) is 8.66. The summed E-state index contributed by atoms with van der Waals surface area (Å²) >= 11 is 1.76. The van der Waals surface area contributed by atoms with Crippen LogP contribution in [0, 0.1) is 0 Å². The van der Waals surface area contributed by atoms with Gasteiger partial charge in [0.2, 0.25) is 0 Å². The van der Waals surface area contributed by atoms with Crippen molar-refractivity contribution in [3.05, 3.63) is 71.0 Å². The Hall–Kier alpha value is -3.02. The fraction of sp³-hybridized carbons (Fsp3) is 0.344. The Kier molecular flexibility index (Phi) is 8.32. The van der Waals surface area contributed by atoms with E-state index in [1.165, 1.54) is 42.0 Å². The molecule has 5 heteroatoms. The number of fused-ring (bicyclic) bond motifs is 2. The number of anilines is 1. The van der Waals surface area contributed by atoms with Crippen LogP contribution in [0.1, 0.15) is 55.6 Å². The van der Waals surface area contributed by atoms with Crippen LogP contribution >= 0.6 is 11.8 Å². The van der Waals surface area contributed by atoms with Gasteiger partial charge in [-0.25, -0.2) is 4.98 Å². The minimum absolute atomic E-state index is 0.871. The first-order valence-electron chi connectivity index (χ1n) is 13.5. The molecular weight excluding hydrogens is 474 g/mol. The van der Waals surface area contributed by atoms with Crippen molar-refractivity contribution in [2.45, 2.75) is 44.4 Å². The first-order valence-corrected chi connectivity index (χ1v) is 14.8. The van der Waals surface area contributed by atoms with Crippen molar-refractivity contribution >= 4 is 57.7 Å². The normalized spacial score (nSPS) is 14.7. The van der Waals surface area contributed by atoms with Crippen molar-refractivity contribution in [1.29, 1.82) is 0 Å². The standard InChI is InChI=1S/C32H37N3OS/c1-4-6-9-29-26(5-2)31-32(36-29)30(33-18-21-35-19-7-8-20-35)27-22-24(14-17-28(27)34-31)11-10-23-12-15-25(37-3)16-13-23/h6,9-17,22H,4-5,7-8,18-21H2,1-3H3,(H,33,34)/b9-6-,11-10+. The van der Waals surface area contributed by atoms with E-state index in [-0.39, 0.29) is 0 Å². The van der Waals surface area contributed by atoms with E-state index in [9.17, 15) is 0 Å². The van der Waals surface area contributed by atoms with E-state index in [1.807, 2.05) is 0 Å². The van der Waals surface area contributed by atoms with Crippen LogP contribution in [0.4, 0.5) is 5.69 Å². The van der Waals surface area contributed by atoms with Crippen LogP contribution in [-0.4, -0.2) is 42.3 Å². The number of benzene rings is 2. The molecule has 0 amide bonds. The highest BCUT2D eigenvalue weighted by molar-refractivity contribution is 7.98. The van der Waals surface area contributed by atoms with Gasteiger partial charge in [-0.05, 0) is 86.5 Å². The number of likely N-dealkylation sites (tertiary alicyclic amines) is 1. The summed E-state index contributed by atoms with van der Waals surface area (Å²) in [6, 6.07) is 15.2. The van der Waals surface area contributed by atoms with Crippen LogP contribution in [0.2, 0.25) is 0 Å². The predicted octanol–water partition coefficient (Wildman–Crippen LogP) is 8.37. The van der Waals surface area contributed by atoms with Gasteiger partial charge in [0, 0.05) is 28.9 Å². The lowest BCUT2D eigenvalue weighted by Crippen LogP contribution is -2.26. The van der Waals surface area contributed by atoms with E-state index in [2.05, 4.69) is 97.1 Å². The van der Waals surface area contributed by atoms with Crippen molar-refractivity contribution in [1.82, 2.24) is 9.88 Å². The molecule has 0 spiro atoms. The lowest BCUT2D eigenvalue weighted by molar-refractivity contribution is 0.353. The molecule has 1 aliphatic rings. The molecule has 3 heterocycles. The van der Waals surface area contributed by atoms with Gasteiger partial charge in [-0.15, -0.1) is 11.8 Å². The molecule has 0 radical (unpaired) electrons. The lowest BCUT2D eigenvalue weighted by Gasteiger charge is -2.16. The quantitative estimate of drug-likeness (QED) is 0.171. The van der Waals surface area contributed by atoms with Crippen LogP contribution in [0.25, 0.3) is 40.2 Å². The fourth-order valence-corrected chi connectivity index (χ4v) is 5.50. The number of furan rings is 1. The molecule has 1 N–H and O–H groups in total. The summed E-state index contributed by atoms with van der Waals surface area (Å²) in [7, 11) is 0. The monoisotopic (exact) mass is 511 g/mol. The van der Waals surface area contributed by atoms with Gasteiger partial charge < -0.3 is 14.6 Å². The molecule has 2 aromatic heterocycles. The Morgan fingerprint density at radius 1 is 1.00 bits per heavy atom. The molecule has 192 valence electrons. The number of pyridine rings is 1. The number of hydrogen-bond acceptors (Lipinski definition) is 5. The van der Waals surface area contributed by atoms with Crippen molar-refractivity contribution in [2.75, 3.05) is 37.8 Å². The largest absolute Gasteiger partial charge is 0.453 e. The second kappa shape index (κ2) is 12.0. The highest BCUT2D eigenvalue weighted by Gasteiger charge is 2.19. The van der Waals surface area contributed by atoms with E-state index in [4.69, 9.17) is 9.40 Å². The van der Waals surface area contributed by atoms with Crippen LogP contribution < -0.4 is 5.32 Å². The predicted molar refractivity (Wildman–Crippen MR) is 162 cm³/mol. The lowest BCUT2D eigenvalue weighted by atomic mass is 10.1. The molecule has 4 nitrogen and oxygen atoms in total. The average Bonchev–Trinajstić information content (AvgIpc) is 3.58. The van der Waals surface area contributed by atoms with E-state index in [1.54, 1.807) is 11.8 Å². The van der Waals surface area contributed by atoms with Gasteiger partial charge in [-0.2, -0.15) is 0 Å². The van der Waals surface area contributed by atoms with E-state index in [0.29, 0.717) is 0 Å². The number of nitrogens with one attached hydrogen (secondary N) is 1. The fourth-order valence-electron chi connectivity index (χ4n) is 5.09. The summed E-state index contributed by atoms with van der Waals surface area (Å²) in [4.78, 5) is 8.92. The molecule has 1 saturated heterocycles. The van der Waals surface area contributed by atoms with Gasteiger partial charge in [-0.3, -0.25) is 0 Å². The summed E-state index contributed by atoms with van der Waals surface area (Å²) in [6.07, 6.45) is 15.2. The number of nitrogens with zero attached hydrogens (tertiary/aromatic N) is 2. The summed E-state index contributed by atoms with van der Waals surface area (Å²) < 4.78 is 6.50. The summed E-state index contributed by atoms with van der Waals surface area (Å²) in [5, 5.41) is 4.87. The van der Waals surface area contributed by atoms with Crippen molar-refractivity contribution < 1.29 is 4.42 Å². The molecule has 0 unspecified atom stereocenters. The Morgan fingerprint density at radius 2 is 1.76 bits per heavy atom. The van der Waals surface area contributed by atoms with Gasteiger partial charge in [0.15, 0.2) is 5.58 Å². The van der Waals surface area contributed by atoms with Crippen LogP contribution in [-0.2, 0) is 6.42 Å². The van der Waals surface area contributed by atoms with Crippen molar-refractivity contribution in [3.63, 3.8) is 0 Å². The second-order valence-electron chi connectivity index (χ2n) is 9.63.